The van der Waals surface area contributed by atoms with Crippen LogP contribution in [0.4, 0.5) is 0 Å². The molecule has 1 atom stereocenters. The van der Waals surface area contributed by atoms with Gasteiger partial charge in [0.05, 0.1) is 10.2 Å². The van der Waals surface area contributed by atoms with Gasteiger partial charge in [-0.25, -0.2) is 13.4 Å². The third-order valence-corrected chi connectivity index (χ3v) is 6.98. The Morgan fingerprint density at radius 3 is 2.96 bits per heavy atom. The number of thiophene rings is 1. The summed E-state index contributed by atoms with van der Waals surface area (Å²) in [6.07, 6.45) is 0.846. The number of carboxylic acids is 1. The summed E-state index contributed by atoms with van der Waals surface area (Å²) in [6.45, 7) is -0.142. The molecule has 3 rings (SSSR count). The number of piperidine rings is 1. The molecule has 0 bridgehead atoms. The SMILES string of the molecule is O=C(O)CN1CCCC(NS(=O)(=O)c2cc3nc(Cl)ccc3s2)C1=O. The Kier molecular flexibility index (Phi) is 4.96. The van der Waals surface area contributed by atoms with Crippen molar-refractivity contribution in [3.8, 4) is 0 Å². The second-order valence-corrected chi connectivity index (χ2v) is 8.96. The Labute approximate surface area is 152 Å². The van der Waals surface area contributed by atoms with E-state index < -0.39 is 34.5 Å². The molecule has 0 aliphatic carbocycles. The molecule has 1 fully saturated rings. The normalized spacial score (nSPS) is 18.7. The number of aromatic nitrogens is 1. The highest BCUT2D eigenvalue weighted by Gasteiger charge is 2.33. The summed E-state index contributed by atoms with van der Waals surface area (Å²) < 4.78 is 28.2. The quantitative estimate of drug-likeness (QED) is 0.727. The number of carboxylic acid groups (broad SMARTS) is 1. The standard InChI is InChI=1S/C14H14ClN3O5S2/c15-11-4-3-10-9(16-11)6-13(24-10)25(22,23)17-8-2-1-5-18(14(8)21)7-12(19)20/h3-4,6,8,17H,1-2,5,7H2,(H,19,20). The zero-order valence-electron chi connectivity index (χ0n) is 12.8. The third kappa shape index (κ3) is 3.92. The van der Waals surface area contributed by atoms with Crippen molar-refractivity contribution in [1.82, 2.24) is 14.6 Å². The average Bonchev–Trinajstić information content (AvgIpc) is 2.94. The summed E-state index contributed by atoms with van der Waals surface area (Å²) in [5, 5.41) is 9.09. The number of rotatable bonds is 5. The molecule has 1 amide bonds. The van der Waals surface area contributed by atoms with E-state index in [0.717, 1.165) is 16.2 Å². The molecule has 1 saturated heterocycles. The van der Waals surface area contributed by atoms with E-state index in [1.54, 1.807) is 12.1 Å². The lowest BCUT2D eigenvalue weighted by Gasteiger charge is -2.31. The van der Waals surface area contributed by atoms with Crippen LogP contribution in [0.25, 0.3) is 10.2 Å². The van der Waals surface area contributed by atoms with Gasteiger partial charge >= 0.3 is 5.97 Å². The van der Waals surface area contributed by atoms with E-state index in [1.165, 1.54) is 6.07 Å². The first-order valence-electron chi connectivity index (χ1n) is 7.35. The van der Waals surface area contributed by atoms with Crippen LogP contribution in [-0.4, -0.2) is 54.4 Å². The molecule has 2 aromatic rings. The largest absolute Gasteiger partial charge is 0.480 e. The predicted molar refractivity (Wildman–Crippen MR) is 92.2 cm³/mol. The van der Waals surface area contributed by atoms with Gasteiger partial charge in [-0.05, 0) is 31.0 Å². The minimum absolute atomic E-state index is 0.0282. The van der Waals surface area contributed by atoms with E-state index in [4.69, 9.17) is 16.7 Å². The number of hydrogen-bond acceptors (Lipinski definition) is 6. The number of carbonyl (C=O) groups is 2. The predicted octanol–water partition coefficient (Wildman–Crippen LogP) is 1.30. The van der Waals surface area contributed by atoms with Crippen LogP contribution in [0, 0.1) is 0 Å². The van der Waals surface area contributed by atoms with Gasteiger partial charge in [-0.2, -0.15) is 4.72 Å². The highest BCUT2D eigenvalue weighted by Crippen LogP contribution is 2.29. The Balaban J connectivity index is 1.82. The van der Waals surface area contributed by atoms with Gasteiger partial charge in [0.2, 0.25) is 5.91 Å². The number of nitrogens with one attached hydrogen (secondary N) is 1. The van der Waals surface area contributed by atoms with Crippen molar-refractivity contribution in [3.63, 3.8) is 0 Å². The fraction of sp³-hybridized carbons (Fsp3) is 0.357. The van der Waals surface area contributed by atoms with Crippen molar-refractivity contribution >= 4 is 55.1 Å². The van der Waals surface area contributed by atoms with Crippen LogP contribution in [0.5, 0.6) is 0 Å². The number of pyridine rings is 1. The molecule has 3 heterocycles. The van der Waals surface area contributed by atoms with E-state index >= 15 is 0 Å². The van der Waals surface area contributed by atoms with Crippen LogP contribution < -0.4 is 4.72 Å². The number of amides is 1. The van der Waals surface area contributed by atoms with Gasteiger partial charge in [0.25, 0.3) is 10.0 Å². The van der Waals surface area contributed by atoms with E-state index in [-0.39, 0.29) is 9.36 Å². The van der Waals surface area contributed by atoms with E-state index in [2.05, 4.69) is 9.71 Å². The maximum Gasteiger partial charge on any atom is 0.323 e. The second kappa shape index (κ2) is 6.87. The summed E-state index contributed by atoms with van der Waals surface area (Å²) in [7, 11) is -3.93. The molecule has 134 valence electrons. The summed E-state index contributed by atoms with van der Waals surface area (Å²) in [6, 6.07) is 3.67. The highest BCUT2D eigenvalue weighted by atomic mass is 35.5. The zero-order valence-corrected chi connectivity index (χ0v) is 15.2. The molecule has 1 aliphatic heterocycles. The van der Waals surface area contributed by atoms with Crippen molar-refractivity contribution in [2.75, 3.05) is 13.1 Å². The number of likely N-dealkylation sites (tertiary alicyclic amines) is 1. The minimum Gasteiger partial charge on any atom is -0.480 e. The van der Waals surface area contributed by atoms with Crippen LogP contribution >= 0.6 is 22.9 Å². The monoisotopic (exact) mass is 403 g/mol. The topological polar surface area (TPSA) is 117 Å². The molecule has 8 nitrogen and oxygen atoms in total. The lowest BCUT2D eigenvalue weighted by Crippen LogP contribution is -2.53. The van der Waals surface area contributed by atoms with E-state index in [1.807, 2.05) is 0 Å². The molecule has 0 saturated carbocycles. The first-order chi connectivity index (χ1) is 11.8. The lowest BCUT2D eigenvalue weighted by atomic mass is 10.1. The Hall–Kier alpha value is -1.75. The molecule has 2 aromatic heterocycles. The van der Waals surface area contributed by atoms with Crippen LogP contribution in [0.1, 0.15) is 12.8 Å². The van der Waals surface area contributed by atoms with Gasteiger partial charge in [0.15, 0.2) is 0 Å². The summed E-state index contributed by atoms with van der Waals surface area (Å²) in [5.74, 6) is -1.66. The van der Waals surface area contributed by atoms with Crippen molar-refractivity contribution in [2.24, 2.45) is 0 Å². The van der Waals surface area contributed by atoms with Gasteiger partial charge in [-0.1, -0.05) is 11.6 Å². The highest BCUT2D eigenvalue weighted by molar-refractivity contribution is 7.91. The summed E-state index contributed by atoms with van der Waals surface area (Å²) in [5.41, 5.74) is 0.459. The number of aliphatic carboxylic acids is 1. The van der Waals surface area contributed by atoms with Gasteiger partial charge in [-0.3, -0.25) is 9.59 Å². The van der Waals surface area contributed by atoms with Gasteiger partial charge in [0, 0.05) is 6.54 Å². The Morgan fingerprint density at radius 2 is 2.24 bits per heavy atom. The van der Waals surface area contributed by atoms with Crippen LogP contribution in [0.15, 0.2) is 22.4 Å². The van der Waals surface area contributed by atoms with Crippen LogP contribution in [-0.2, 0) is 19.6 Å². The lowest BCUT2D eigenvalue weighted by molar-refractivity contribution is -0.146. The van der Waals surface area contributed by atoms with Gasteiger partial charge in [0.1, 0.15) is 21.9 Å². The fourth-order valence-corrected chi connectivity index (χ4v) is 5.34. The molecule has 0 aromatic carbocycles. The molecule has 25 heavy (non-hydrogen) atoms. The zero-order chi connectivity index (χ0) is 18.2. The third-order valence-electron chi connectivity index (χ3n) is 3.74. The number of nitrogens with zero attached hydrogens (tertiary/aromatic N) is 2. The molecule has 0 spiro atoms. The molecule has 1 aliphatic rings. The smallest absolute Gasteiger partial charge is 0.323 e. The minimum atomic E-state index is -3.93. The number of carbonyl (C=O) groups excluding carboxylic acids is 1. The molecule has 2 N–H and O–H groups in total. The van der Waals surface area contributed by atoms with Crippen LogP contribution in [0.3, 0.4) is 0 Å². The van der Waals surface area contributed by atoms with Crippen molar-refractivity contribution in [3.05, 3.63) is 23.4 Å². The number of halogens is 1. The molecule has 1 unspecified atom stereocenters. The first-order valence-corrected chi connectivity index (χ1v) is 10.0. The fourth-order valence-electron chi connectivity index (χ4n) is 2.62. The summed E-state index contributed by atoms with van der Waals surface area (Å²) >= 11 is 6.83. The second-order valence-electron chi connectivity index (χ2n) is 5.55. The number of sulfonamides is 1. The van der Waals surface area contributed by atoms with Gasteiger partial charge in [-0.15, -0.1) is 11.3 Å². The van der Waals surface area contributed by atoms with Gasteiger partial charge < -0.3 is 10.0 Å². The van der Waals surface area contributed by atoms with Crippen molar-refractivity contribution in [1.29, 1.82) is 0 Å². The number of hydrogen-bond donors (Lipinski definition) is 2. The van der Waals surface area contributed by atoms with Crippen LogP contribution in [0.2, 0.25) is 5.15 Å². The first kappa shape index (κ1) is 18.1. The molecular weight excluding hydrogens is 390 g/mol. The maximum atomic E-state index is 12.6. The molecular formula is C14H14ClN3O5S2. The molecule has 0 radical (unpaired) electrons. The Morgan fingerprint density at radius 1 is 1.48 bits per heavy atom. The number of fused-ring (bicyclic) bond motifs is 1. The van der Waals surface area contributed by atoms with E-state index in [0.29, 0.717) is 29.6 Å². The van der Waals surface area contributed by atoms with Crippen molar-refractivity contribution < 1.29 is 23.1 Å². The summed E-state index contributed by atoms with van der Waals surface area (Å²) in [4.78, 5) is 28.3. The van der Waals surface area contributed by atoms with Crippen molar-refractivity contribution in [2.45, 2.75) is 23.1 Å². The average molecular weight is 404 g/mol. The maximum absolute atomic E-state index is 12.6. The Bertz CT molecular complexity index is 943. The van der Waals surface area contributed by atoms with E-state index in [9.17, 15) is 18.0 Å². The molecule has 11 heteroatoms.